The number of carboxylic acids is 1. The van der Waals surface area contributed by atoms with E-state index in [2.05, 4.69) is 15.6 Å². The third-order valence-corrected chi connectivity index (χ3v) is 5.98. The highest BCUT2D eigenvalue weighted by Gasteiger charge is 2.39. The van der Waals surface area contributed by atoms with Gasteiger partial charge in [0.05, 0.1) is 6.04 Å². The lowest BCUT2D eigenvalue weighted by Crippen LogP contribution is -2.57. The number of aliphatic carboxylic acids is 1. The molecule has 1 aliphatic rings. The lowest BCUT2D eigenvalue weighted by molar-refractivity contribution is -0.145. The van der Waals surface area contributed by atoms with Gasteiger partial charge in [0.2, 0.25) is 17.7 Å². The zero-order valence-electron chi connectivity index (χ0n) is 20.7. The van der Waals surface area contributed by atoms with Gasteiger partial charge in [-0.3, -0.25) is 19.4 Å². The topological polar surface area (TPSA) is 232 Å². The number of hydrogen-bond donors (Lipinski definition) is 7. The van der Waals surface area contributed by atoms with E-state index in [0.717, 1.165) is 0 Å². The van der Waals surface area contributed by atoms with E-state index in [0.29, 0.717) is 51.6 Å². The monoisotopic (exact) mass is 498 g/mol. The lowest BCUT2D eigenvalue weighted by atomic mass is 10.0. The van der Waals surface area contributed by atoms with Crippen LogP contribution in [0.15, 0.2) is 4.99 Å². The lowest BCUT2D eigenvalue weighted by Gasteiger charge is -2.30. The predicted molar refractivity (Wildman–Crippen MR) is 132 cm³/mol. The van der Waals surface area contributed by atoms with Crippen LogP contribution in [0, 0.1) is 5.92 Å². The highest BCUT2D eigenvalue weighted by atomic mass is 16.4. The number of aliphatic imine (C=N–C) groups is 1. The number of likely N-dealkylation sites (tertiary alicyclic amines) is 1. The SMILES string of the molecule is CC(C)C(N)C(=O)NC(CCCCN)C(=O)N1CCCC1C(=O)NC(CCCN=C(N)N)C(=O)O. The van der Waals surface area contributed by atoms with Crippen molar-refractivity contribution in [3.8, 4) is 0 Å². The first kappa shape index (κ1) is 30.1. The van der Waals surface area contributed by atoms with E-state index in [1.807, 2.05) is 13.8 Å². The Morgan fingerprint density at radius 1 is 1.06 bits per heavy atom. The third-order valence-electron chi connectivity index (χ3n) is 5.98. The number of guanidine groups is 1. The smallest absolute Gasteiger partial charge is 0.326 e. The summed E-state index contributed by atoms with van der Waals surface area (Å²) in [5.74, 6) is -2.75. The Kier molecular flexibility index (Phi) is 13.0. The van der Waals surface area contributed by atoms with Crippen molar-refractivity contribution in [1.82, 2.24) is 15.5 Å². The number of carbonyl (C=O) groups excluding carboxylic acids is 3. The van der Waals surface area contributed by atoms with Gasteiger partial charge in [0.25, 0.3) is 0 Å². The summed E-state index contributed by atoms with van der Waals surface area (Å²) in [6, 6.07) is -3.58. The van der Waals surface area contributed by atoms with E-state index < -0.39 is 42.0 Å². The Balaban J connectivity index is 2.90. The molecule has 1 rings (SSSR count). The quantitative estimate of drug-likeness (QED) is 0.0765. The van der Waals surface area contributed by atoms with Crippen LogP contribution in [0.25, 0.3) is 0 Å². The molecular formula is C22H42N8O5. The largest absolute Gasteiger partial charge is 0.480 e. The van der Waals surface area contributed by atoms with Crippen LogP contribution in [-0.4, -0.2) is 83.5 Å². The molecule has 0 aromatic rings. The minimum atomic E-state index is -1.19. The second-order valence-corrected chi connectivity index (χ2v) is 9.15. The summed E-state index contributed by atoms with van der Waals surface area (Å²) < 4.78 is 0. The third kappa shape index (κ3) is 10.1. The molecule has 1 heterocycles. The van der Waals surface area contributed by atoms with Crippen molar-refractivity contribution in [2.45, 2.75) is 83.0 Å². The fourth-order valence-corrected chi connectivity index (χ4v) is 3.85. The first-order valence-electron chi connectivity index (χ1n) is 12.1. The molecule has 0 saturated carbocycles. The molecule has 0 aromatic carbocycles. The summed E-state index contributed by atoms with van der Waals surface area (Å²) in [5, 5.41) is 14.8. The first-order chi connectivity index (χ1) is 16.5. The van der Waals surface area contributed by atoms with Crippen molar-refractivity contribution < 1.29 is 24.3 Å². The number of rotatable bonds is 15. The van der Waals surface area contributed by atoms with Crippen molar-refractivity contribution in [1.29, 1.82) is 0 Å². The van der Waals surface area contributed by atoms with Gasteiger partial charge in [-0.1, -0.05) is 13.8 Å². The summed E-state index contributed by atoms with van der Waals surface area (Å²) in [5.41, 5.74) is 22.0. The van der Waals surface area contributed by atoms with Gasteiger partial charge < -0.3 is 43.6 Å². The van der Waals surface area contributed by atoms with E-state index in [-0.39, 0.29) is 30.8 Å². The summed E-state index contributed by atoms with van der Waals surface area (Å²) in [4.78, 5) is 55.8. The summed E-state index contributed by atoms with van der Waals surface area (Å²) in [6.45, 7) is 4.64. The Hall–Kier alpha value is -2.93. The highest BCUT2D eigenvalue weighted by molar-refractivity contribution is 5.94. The van der Waals surface area contributed by atoms with Gasteiger partial charge in [-0.2, -0.15) is 0 Å². The average Bonchev–Trinajstić information content (AvgIpc) is 3.29. The molecule has 0 bridgehead atoms. The molecule has 11 N–H and O–H groups in total. The van der Waals surface area contributed by atoms with Crippen molar-refractivity contribution in [2.24, 2.45) is 33.8 Å². The number of nitrogens with two attached hydrogens (primary N) is 4. The molecule has 1 saturated heterocycles. The number of carbonyl (C=O) groups is 4. The minimum absolute atomic E-state index is 0.0940. The molecule has 0 aliphatic carbocycles. The van der Waals surface area contributed by atoms with E-state index in [1.165, 1.54) is 4.90 Å². The molecular weight excluding hydrogens is 456 g/mol. The number of nitrogens with one attached hydrogen (secondary N) is 2. The molecule has 35 heavy (non-hydrogen) atoms. The van der Waals surface area contributed by atoms with Gasteiger partial charge in [-0.15, -0.1) is 0 Å². The fraction of sp³-hybridized carbons (Fsp3) is 0.773. The van der Waals surface area contributed by atoms with Gasteiger partial charge in [-0.05, 0) is 57.4 Å². The summed E-state index contributed by atoms with van der Waals surface area (Å²) >= 11 is 0. The molecule has 4 unspecified atom stereocenters. The zero-order valence-corrected chi connectivity index (χ0v) is 20.7. The molecule has 1 fully saturated rings. The zero-order chi connectivity index (χ0) is 26.5. The molecule has 0 aromatic heterocycles. The van der Waals surface area contributed by atoms with Crippen LogP contribution in [0.3, 0.4) is 0 Å². The second-order valence-electron chi connectivity index (χ2n) is 9.15. The highest BCUT2D eigenvalue weighted by Crippen LogP contribution is 2.20. The standard InChI is InChI=1S/C22H42N8O5/c1-13(2)17(24)19(32)28-14(7-3-4-10-23)20(33)30-12-6-9-16(30)18(31)29-15(21(34)35)8-5-11-27-22(25)26/h13-17H,3-12,23-24H2,1-2H3,(H,28,32)(H,29,31)(H,34,35)(H4,25,26,27). The predicted octanol–water partition coefficient (Wildman–Crippen LogP) is -1.80. The summed E-state index contributed by atoms with van der Waals surface area (Å²) in [7, 11) is 0. The molecule has 4 atom stereocenters. The molecule has 1 aliphatic heterocycles. The van der Waals surface area contributed by atoms with E-state index >= 15 is 0 Å². The van der Waals surface area contributed by atoms with Crippen molar-refractivity contribution in [3.05, 3.63) is 0 Å². The van der Waals surface area contributed by atoms with Crippen LogP contribution < -0.4 is 33.6 Å². The van der Waals surface area contributed by atoms with Crippen molar-refractivity contribution in [2.75, 3.05) is 19.6 Å². The maximum absolute atomic E-state index is 13.4. The van der Waals surface area contributed by atoms with E-state index in [9.17, 15) is 24.3 Å². The number of nitrogens with zero attached hydrogens (tertiary/aromatic N) is 2. The van der Waals surface area contributed by atoms with Gasteiger partial charge in [-0.25, -0.2) is 4.79 Å². The molecule has 0 spiro atoms. The van der Waals surface area contributed by atoms with Gasteiger partial charge in [0.15, 0.2) is 5.96 Å². The normalized spacial score (nSPS) is 18.0. The van der Waals surface area contributed by atoms with Gasteiger partial charge in [0.1, 0.15) is 18.1 Å². The maximum atomic E-state index is 13.4. The maximum Gasteiger partial charge on any atom is 0.326 e. The summed E-state index contributed by atoms with van der Waals surface area (Å²) in [6.07, 6.45) is 3.12. The average molecular weight is 499 g/mol. The number of amides is 3. The van der Waals surface area contributed by atoms with Crippen LogP contribution in [0.5, 0.6) is 0 Å². The Morgan fingerprint density at radius 2 is 1.71 bits per heavy atom. The molecule has 200 valence electrons. The van der Waals surface area contributed by atoms with Crippen molar-refractivity contribution >= 4 is 29.7 Å². The van der Waals surface area contributed by atoms with Crippen molar-refractivity contribution in [3.63, 3.8) is 0 Å². The van der Waals surface area contributed by atoms with Crippen LogP contribution >= 0.6 is 0 Å². The second kappa shape index (κ2) is 15.1. The van der Waals surface area contributed by atoms with Crippen LogP contribution in [0.1, 0.15) is 58.8 Å². The Morgan fingerprint density at radius 3 is 2.29 bits per heavy atom. The van der Waals surface area contributed by atoms with Crippen LogP contribution in [0.4, 0.5) is 0 Å². The first-order valence-corrected chi connectivity index (χ1v) is 12.1. The minimum Gasteiger partial charge on any atom is -0.480 e. The van der Waals surface area contributed by atoms with Gasteiger partial charge in [0, 0.05) is 13.1 Å². The number of unbranched alkanes of at least 4 members (excludes halogenated alkanes) is 1. The Labute approximate surface area is 206 Å². The van der Waals surface area contributed by atoms with Gasteiger partial charge >= 0.3 is 5.97 Å². The van der Waals surface area contributed by atoms with E-state index in [4.69, 9.17) is 22.9 Å². The molecule has 13 heteroatoms. The Bertz CT molecular complexity index is 756. The van der Waals surface area contributed by atoms with Crippen LogP contribution in [-0.2, 0) is 19.2 Å². The molecule has 0 radical (unpaired) electrons. The van der Waals surface area contributed by atoms with E-state index in [1.54, 1.807) is 0 Å². The number of hydrogen-bond acceptors (Lipinski definition) is 7. The van der Waals surface area contributed by atoms with Crippen LogP contribution in [0.2, 0.25) is 0 Å². The molecule has 3 amide bonds. The fourth-order valence-electron chi connectivity index (χ4n) is 3.85. The molecule has 13 nitrogen and oxygen atoms in total. The number of carboxylic acid groups (broad SMARTS) is 1.